The zero-order chi connectivity index (χ0) is 21.2. The highest BCUT2D eigenvalue weighted by Gasteiger charge is 2.35. The molecule has 1 radical (unpaired) electrons. The molecular weight excluding hydrogens is 357 g/mol. The molecule has 1 aliphatic heterocycles. The summed E-state index contributed by atoms with van der Waals surface area (Å²) in [5, 5.41) is 10.2. The van der Waals surface area contributed by atoms with Crippen LogP contribution in [0.5, 0.6) is 0 Å². The average Bonchev–Trinajstić information content (AvgIpc) is 2.58. The third-order valence-electron chi connectivity index (χ3n) is 4.99. The fraction of sp³-hybridized carbons (Fsp3) is 0.667. The lowest BCUT2D eigenvalue weighted by Crippen LogP contribution is -2.49. The zero-order valence-corrected chi connectivity index (χ0v) is 18.1. The van der Waals surface area contributed by atoms with Crippen molar-refractivity contribution in [1.82, 2.24) is 4.90 Å². The molecular formula is C21H33BNO5. The van der Waals surface area contributed by atoms with E-state index in [2.05, 4.69) is 0 Å². The van der Waals surface area contributed by atoms with E-state index in [4.69, 9.17) is 14.1 Å². The van der Waals surface area contributed by atoms with Gasteiger partial charge in [-0.05, 0) is 54.0 Å². The predicted octanol–water partition coefficient (Wildman–Crippen LogP) is 2.81. The minimum absolute atomic E-state index is 0.191. The Kier molecular flexibility index (Phi) is 6.84. The first kappa shape index (κ1) is 22.7. The number of aliphatic hydroxyl groups is 1. The molecule has 1 heterocycles. The minimum Gasteiger partial charge on any atom is -0.444 e. The second-order valence-electron chi connectivity index (χ2n) is 9.26. The molecule has 6 nitrogen and oxygen atoms in total. The minimum atomic E-state index is -0.968. The van der Waals surface area contributed by atoms with Crippen LogP contribution in [0.25, 0.3) is 0 Å². The van der Waals surface area contributed by atoms with Gasteiger partial charge in [0, 0.05) is 6.54 Å². The Labute approximate surface area is 169 Å². The third kappa shape index (κ3) is 6.22. The highest BCUT2D eigenvalue weighted by molar-refractivity contribution is 6.47. The number of benzene rings is 1. The topological polar surface area (TPSA) is 68.2 Å². The first-order chi connectivity index (χ1) is 12.8. The summed E-state index contributed by atoms with van der Waals surface area (Å²) < 4.78 is 17.1. The van der Waals surface area contributed by atoms with Crippen molar-refractivity contribution in [3.8, 4) is 0 Å². The number of hydrogen-bond donors (Lipinski definition) is 1. The molecule has 1 atom stereocenters. The average molecular weight is 390 g/mol. The smallest absolute Gasteiger partial charge is 0.410 e. The number of ether oxygens (including phenoxy) is 2. The van der Waals surface area contributed by atoms with E-state index in [-0.39, 0.29) is 12.2 Å². The highest BCUT2D eigenvalue weighted by Crippen LogP contribution is 2.25. The number of nitrogens with zero attached hydrogens (tertiary/aromatic N) is 1. The number of carbonyl (C=O) groups is 1. The molecule has 7 heteroatoms. The van der Waals surface area contributed by atoms with Gasteiger partial charge in [-0.1, -0.05) is 29.7 Å². The molecule has 1 saturated heterocycles. The van der Waals surface area contributed by atoms with Gasteiger partial charge in [0.05, 0.1) is 24.4 Å². The molecule has 1 aromatic carbocycles. The molecule has 1 fully saturated rings. The van der Waals surface area contributed by atoms with Crippen LogP contribution >= 0.6 is 0 Å². The van der Waals surface area contributed by atoms with Gasteiger partial charge in [0.2, 0.25) is 0 Å². The number of carbonyl (C=O) groups excluding carboxylic acids is 1. The van der Waals surface area contributed by atoms with Crippen LogP contribution in [0.1, 0.15) is 60.1 Å². The van der Waals surface area contributed by atoms with Crippen molar-refractivity contribution < 1.29 is 24.0 Å². The van der Waals surface area contributed by atoms with Crippen LogP contribution in [0.4, 0.5) is 4.79 Å². The fourth-order valence-corrected chi connectivity index (χ4v) is 2.49. The van der Waals surface area contributed by atoms with E-state index in [1.54, 1.807) is 26.2 Å². The molecule has 1 N–H and O–H groups in total. The van der Waals surface area contributed by atoms with Crippen molar-refractivity contribution in [3.63, 3.8) is 0 Å². The lowest BCUT2D eigenvalue weighted by atomic mass is 9.82. The lowest BCUT2D eigenvalue weighted by Gasteiger charge is -2.37. The Hall–Kier alpha value is -1.57. The highest BCUT2D eigenvalue weighted by atomic mass is 16.6. The quantitative estimate of drug-likeness (QED) is 0.784. The molecule has 155 valence electrons. The van der Waals surface area contributed by atoms with Crippen LogP contribution in [0.2, 0.25) is 0 Å². The normalized spacial score (nSPS) is 18.7. The van der Waals surface area contributed by atoms with Crippen LogP contribution in [0.3, 0.4) is 0 Å². The summed E-state index contributed by atoms with van der Waals surface area (Å²) in [4.78, 5) is 14.0. The maximum atomic E-state index is 12.3. The summed E-state index contributed by atoms with van der Waals surface area (Å²) >= 11 is 0. The number of morpholine rings is 1. The molecule has 1 aliphatic rings. The van der Waals surface area contributed by atoms with Gasteiger partial charge in [-0.3, -0.25) is 0 Å². The monoisotopic (exact) mass is 390 g/mol. The SMILES string of the molecule is CC(C)(C)OC(=O)N1CCOC(c2ccc([B]OC(C)(C)C(C)(C)O)cc2)C1. The van der Waals surface area contributed by atoms with E-state index in [0.29, 0.717) is 19.7 Å². The van der Waals surface area contributed by atoms with Crippen molar-refractivity contribution in [2.75, 3.05) is 19.7 Å². The molecule has 0 spiro atoms. The Morgan fingerprint density at radius 3 is 2.29 bits per heavy atom. The molecule has 2 rings (SSSR count). The second-order valence-corrected chi connectivity index (χ2v) is 9.26. The summed E-state index contributed by atoms with van der Waals surface area (Å²) in [6.07, 6.45) is -0.503. The molecule has 0 aromatic heterocycles. The van der Waals surface area contributed by atoms with Crippen LogP contribution in [-0.4, -0.2) is 60.1 Å². The van der Waals surface area contributed by atoms with E-state index in [0.717, 1.165) is 11.0 Å². The van der Waals surface area contributed by atoms with Crippen molar-refractivity contribution in [2.24, 2.45) is 0 Å². The Bertz CT molecular complexity index is 661. The van der Waals surface area contributed by atoms with E-state index in [1.165, 1.54) is 0 Å². The van der Waals surface area contributed by atoms with E-state index >= 15 is 0 Å². The van der Waals surface area contributed by atoms with Gasteiger partial charge in [-0.15, -0.1) is 0 Å². The predicted molar refractivity (Wildman–Crippen MR) is 110 cm³/mol. The van der Waals surface area contributed by atoms with Gasteiger partial charge >= 0.3 is 13.6 Å². The molecule has 0 bridgehead atoms. The molecule has 1 aromatic rings. The first-order valence-corrected chi connectivity index (χ1v) is 9.71. The summed E-state index contributed by atoms with van der Waals surface area (Å²) in [5.41, 5.74) is -0.316. The number of rotatable bonds is 5. The summed E-state index contributed by atoms with van der Waals surface area (Å²) in [5.74, 6) is 0. The molecule has 1 unspecified atom stereocenters. The van der Waals surface area contributed by atoms with E-state index in [1.807, 2.05) is 58.9 Å². The molecule has 28 heavy (non-hydrogen) atoms. The van der Waals surface area contributed by atoms with E-state index in [9.17, 15) is 9.90 Å². The lowest BCUT2D eigenvalue weighted by molar-refractivity contribution is -0.0893. The molecule has 0 aliphatic carbocycles. The fourth-order valence-electron chi connectivity index (χ4n) is 2.49. The Morgan fingerprint density at radius 1 is 1.14 bits per heavy atom. The van der Waals surface area contributed by atoms with Crippen LogP contribution in [0, 0.1) is 0 Å². The van der Waals surface area contributed by atoms with Crippen molar-refractivity contribution in [3.05, 3.63) is 29.8 Å². The molecule has 1 amide bonds. The summed E-state index contributed by atoms with van der Waals surface area (Å²) in [6.45, 7) is 14.2. The van der Waals surface area contributed by atoms with Crippen molar-refractivity contribution in [2.45, 2.75) is 71.4 Å². The largest absolute Gasteiger partial charge is 0.444 e. The number of amides is 1. The van der Waals surface area contributed by atoms with Gasteiger partial charge in [-0.25, -0.2) is 4.79 Å². The van der Waals surface area contributed by atoms with Gasteiger partial charge < -0.3 is 24.1 Å². The molecule has 0 saturated carbocycles. The van der Waals surface area contributed by atoms with Crippen molar-refractivity contribution in [1.29, 1.82) is 0 Å². The first-order valence-electron chi connectivity index (χ1n) is 9.71. The number of hydrogen-bond acceptors (Lipinski definition) is 5. The van der Waals surface area contributed by atoms with E-state index < -0.39 is 16.8 Å². The van der Waals surface area contributed by atoms with Crippen LogP contribution in [0.15, 0.2) is 24.3 Å². The van der Waals surface area contributed by atoms with Gasteiger partial charge in [0.25, 0.3) is 0 Å². The second kappa shape index (κ2) is 8.43. The third-order valence-corrected chi connectivity index (χ3v) is 4.99. The summed E-state index contributed by atoms with van der Waals surface area (Å²) in [7, 11) is 1.65. The Morgan fingerprint density at radius 2 is 1.75 bits per heavy atom. The maximum absolute atomic E-state index is 12.3. The van der Waals surface area contributed by atoms with Crippen LogP contribution < -0.4 is 5.46 Å². The van der Waals surface area contributed by atoms with Gasteiger partial charge in [0.1, 0.15) is 11.7 Å². The summed E-state index contributed by atoms with van der Waals surface area (Å²) in [6, 6.07) is 7.81. The van der Waals surface area contributed by atoms with Crippen molar-refractivity contribution >= 4 is 19.0 Å². The van der Waals surface area contributed by atoms with Crippen LogP contribution in [-0.2, 0) is 14.1 Å². The zero-order valence-electron chi connectivity index (χ0n) is 18.1. The van der Waals surface area contributed by atoms with Gasteiger partial charge in [0.15, 0.2) is 0 Å². The standard InChI is InChI=1S/C21H33BNO5/c1-19(2,3)27-18(24)23-12-13-26-17(14-23)15-8-10-16(11-9-15)22-28-21(6,7)20(4,5)25/h8-11,17,25H,12-14H2,1-7H3. The maximum Gasteiger partial charge on any atom is 0.410 e. The Balaban J connectivity index is 1.96. The van der Waals surface area contributed by atoms with Gasteiger partial charge in [-0.2, -0.15) is 0 Å².